The average Bonchev–Trinajstić information content (AvgIpc) is 3.16. The molecule has 0 saturated carbocycles. The van der Waals surface area contributed by atoms with Crippen LogP contribution in [0, 0.1) is 0 Å². The van der Waals surface area contributed by atoms with Crippen LogP contribution in [0.4, 0.5) is 0 Å². The zero-order valence-corrected chi connectivity index (χ0v) is 16.9. The summed E-state index contributed by atoms with van der Waals surface area (Å²) < 4.78 is 0. The molecule has 1 nitrogen and oxygen atoms in total. The van der Waals surface area contributed by atoms with Gasteiger partial charge in [0.15, 0.2) is 0 Å². The Hall–Kier alpha value is -2.42. The number of pyridine rings is 1. The molecule has 3 heteroatoms. The molecule has 0 spiro atoms. The molecule has 0 amide bonds. The topological polar surface area (TPSA) is 12.9 Å². The number of fused-ring (bicyclic) bond motifs is 1. The van der Waals surface area contributed by atoms with Gasteiger partial charge in [-0.3, -0.25) is 0 Å². The predicted molar refractivity (Wildman–Crippen MR) is 119 cm³/mol. The van der Waals surface area contributed by atoms with Crippen molar-refractivity contribution in [2.24, 2.45) is 0 Å². The summed E-state index contributed by atoms with van der Waals surface area (Å²) in [5.74, 6) is 0. The lowest BCUT2D eigenvalue weighted by atomic mass is 9.99. The molecule has 0 bridgehead atoms. The molecule has 0 saturated heterocycles. The van der Waals surface area contributed by atoms with Gasteiger partial charge in [0.05, 0.1) is 15.4 Å². The molecule has 0 aliphatic carbocycles. The number of aromatic nitrogens is 1. The average molecular weight is 390 g/mol. The van der Waals surface area contributed by atoms with Gasteiger partial charge in [0.2, 0.25) is 0 Å². The lowest BCUT2D eigenvalue weighted by molar-refractivity contribution is 1.17. The fraction of sp³-hybridized carbons (Fsp3) is 0.125. The smallest absolute Gasteiger partial charge is 0.100 e. The molecule has 0 radical (unpaired) electrons. The maximum Gasteiger partial charge on any atom is 0.100 e. The zero-order valence-electron chi connectivity index (χ0n) is 15.4. The van der Waals surface area contributed by atoms with Crippen molar-refractivity contribution in [1.29, 1.82) is 0 Å². The molecule has 27 heavy (non-hydrogen) atoms. The minimum atomic E-state index is 0.719. The van der Waals surface area contributed by atoms with E-state index in [1.54, 1.807) is 11.3 Å². The Morgan fingerprint density at radius 1 is 1.00 bits per heavy atom. The Labute approximate surface area is 169 Å². The molecule has 0 aliphatic heterocycles. The normalized spacial score (nSPS) is 11.9. The Bertz CT molecular complexity index is 1130. The molecule has 2 aromatic carbocycles. The van der Waals surface area contributed by atoms with Crippen LogP contribution in [0.15, 0.2) is 78.4 Å². The number of allylic oxidation sites excluding steroid dienone is 2. The van der Waals surface area contributed by atoms with Crippen molar-refractivity contribution in [3.63, 3.8) is 0 Å². The summed E-state index contributed by atoms with van der Waals surface area (Å²) in [5, 5.41) is 1.80. The van der Waals surface area contributed by atoms with Crippen LogP contribution < -0.4 is 0 Å². The fourth-order valence-electron chi connectivity index (χ4n) is 3.22. The van der Waals surface area contributed by atoms with Crippen LogP contribution in [0.25, 0.3) is 32.6 Å². The summed E-state index contributed by atoms with van der Waals surface area (Å²) in [6.07, 6.45) is 3.13. The van der Waals surface area contributed by atoms with Crippen LogP contribution in [0.5, 0.6) is 0 Å². The van der Waals surface area contributed by atoms with Crippen molar-refractivity contribution >= 4 is 33.8 Å². The second kappa shape index (κ2) is 7.67. The van der Waals surface area contributed by atoms with Gasteiger partial charge < -0.3 is 0 Å². The fourth-order valence-corrected chi connectivity index (χ4v) is 4.73. The summed E-state index contributed by atoms with van der Waals surface area (Å²) in [6, 6.07) is 22.9. The van der Waals surface area contributed by atoms with E-state index >= 15 is 0 Å². The third-order valence-corrected chi connectivity index (χ3v) is 6.20. The Morgan fingerprint density at radius 2 is 1.74 bits per heavy atom. The molecule has 0 fully saturated rings. The SMILES string of the molecule is CC=C(C)Cc1ccc(-c2nc3ccccc3c(-c3ccccc3)c2Cl)s1. The Kier molecular flexibility index (Phi) is 5.11. The van der Waals surface area contributed by atoms with Gasteiger partial charge in [-0.1, -0.05) is 71.8 Å². The van der Waals surface area contributed by atoms with Gasteiger partial charge in [-0.25, -0.2) is 4.98 Å². The van der Waals surface area contributed by atoms with Gasteiger partial charge in [0.25, 0.3) is 0 Å². The standard InChI is InChI=1S/C24H20ClNS/c1-3-16(2)15-18-13-14-21(27-18)24-23(25)22(17-9-5-4-6-10-17)19-11-7-8-12-20(19)26-24/h3-14H,15H2,1-2H3. The van der Waals surface area contributed by atoms with Crippen molar-refractivity contribution < 1.29 is 0 Å². The van der Waals surface area contributed by atoms with Crippen molar-refractivity contribution in [2.45, 2.75) is 20.3 Å². The van der Waals surface area contributed by atoms with Gasteiger partial charge in [-0.05, 0) is 37.6 Å². The third-order valence-electron chi connectivity index (χ3n) is 4.74. The molecule has 0 atom stereocenters. The predicted octanol–water partition coefficient (Wildman–Crippen LogP) is 7.79. The minimum absolute atomic E-state index is 0.719. The highest BCUT2D eigenvalue weighted by atomic mass is 35.5. The van der Waals surface area contributed by atoms with Crippen LogP contribution in [-0.4, -0.2) is 4.98 Å². The van der Waals surface area contributed by atoms with E-state index in [0.717, 1.165) is 44.0 Å². The van der Waals surface area contributed by atoms with E-state index in [-0.39, 0.29) is 0 Å². The number of rotatable bonds is 4. The number of halogens is 1. The highest BCUT2D eigenvalue weighted by molar-refractivity contribution is 7.15. The van der Waals surface area contributed by atoms with E-state index < -0.39 is 0 Å². The summed E-state index contributed by atoms with van der Waals surface area (Å²) in [5.41, 5.74) is 5.37. The van der Waals surface area contributed by atoms with Gasteiger partial charge in [-0.15, -0.1) is 11.3 Å². The van der Waals surface area contributed by atoms with Crippen LogP contribution in [-0.2, 0) is 6.42 Å². The van der Waals surface area contributed by atoms with E-state index in [9.17, 15) is 0 Å². The maximum atomic E-state index is 6.93. The van der Waals surface area contributed by atoms with E-state index in [1.807, 2.05) is 30.3 Å². The van der Waals surface area contributed by atoms with E-state index in [2.05, 4.69) is 56.3 Å². The molecule has 0 N–H and O–H groups in total. The quantitative estimate of drug-likeness (QED) is 0.324. The van der Waals surface area contributed by atoms with Gasteiger partial charge in [0.1, 0.15) is 5.69 Å². The first-order chi connectivity index (χ1) is 13.2. The largest absolute Gasteiger partial charge is 0.245 e. The van der Waals surface area contributed by atoms with Crippen molar-refractivity contribution in [1.82, 2.24) is 4.98 Å². The van der Waals surface area contributed by atoms with Crippen LogP contribution >= 0.6 is 22.9 Å². The highest BCUT2D eigenvalue weighted by Gasteiger charge is 2.17. The van der Waals surface area contributed by atoms with Crippen LogP contribution in [0.2, 0.25) is 5.02 Å². The van der Waals surface area contributed by atoms with Gasteiger partial charge in [-0.2, -0.15) is 0 Å². The number of para-hydroxylation sites is 1. The summed E-state index contributed by atoms with van der Waals surface area (Å²) in [7, 11) is 0. The van der Waals surface area contributed by atoms with E-state index in [4.69, 9.17) is 16.6 Å². The minimum Gasteiger partial charge on any atom is -0.245 e. The first-order valence-electron chi connectivity index (χ1n) is 9.02. The van der Waals surface area contributed by atoms with E-state index in [0.29, 0.717) is 0 Å². The monoisotopic (exact) mass is 389 g/mol. The lowest BCUT2D eigenvalue weighted by Gasteiger charge is -2.12. The van der Waals surface area contributed by atoms with Crippen molar-refractivity contribution in [2.75, 3.05) is 0 Å². The third kappa shape index (κ3) is 3.55. The second-order valence-electron chi connectivity index (χ2n) is 6.61. The number of thiophene rings is 1. The number of hydrogen-bond acceptors (Lipinski definition) is 2. The van der Waals surface area contributed by atoms with Gasteiger partial charge >= 0.3 is 0 Å². The lowest BCUT2D eigenvalue weighted by Crippen LogP contribution is -1.91. The number of benzene rings is 2. The van der Waals surface area contributed by atoms with Crippen LogP contribution in [0.3, 0.4) is 0 Å². The second-order valence-corrected chi connectivity index (χ2v) is 8.16. The first kappa shape index (κ1) is 18.0. The first-order valence-corrected chi connectivity index (χ1v) is 10.2. The zero-order chi connectivity index (χ0) is 18.8. The molecule has 2 aromatic heterocycles. The highest BCUT2D eigenvalue weighted by Crippen LogP contribution is 2.42. The van der Waals surface area contributed by atoms with Crippen LogP contribution in [0.1, 0.15) is 18.7 Å². The van der Waals surface area contributed by atoms with Gasteiger partial charge in [0, 0.05) is 22.2 Å². The summed E-state index contributed by atoms with van der Waals surface area (Å²) in [6.45, 7) is 4.24. The molecule has 0 unspecified atom stereocenters. The summed E-state index contributed by atoms with van der Waals surface area (Å²) >= 11 is 8.70. The Balaban J connectivity index is 1.91. The maximum absolute atomic E-state index is 6.93. The van der Waals surface area contributed by atoms with E-state index in [1.165, 1.54) is 10.5 Å². The summed E-state index contributed by atoms with van der Waals surface area (Å²) in [4.78, 5) is 7.35. The molecular weight excluding hydrogens is 370 g/mol. The van der Waals surface area contributed by atoms with Crippen molar-refractivity contribution in [3.8, 4) is 21.7 Å². The molecule has 2 heterocycles. The molecule has 4 rings (SSSR count). The van der Waals surface area contributed by atoms with Crippen molar-refractivity contribution in [3.05, 3.63) is 88.3 Å². The molecular formula is C24H20ClNS. The molecule has 0 aliphatic rings. The molecule has 4 aromatic rings. The number of nitrogens with zero attached hydrogens (tertiary/aromatic N) is 1. The Morgan fingerprint density at radius 3 is 2.52 bits per heavy atom. The number of hydrogen-bond donors (Lipinski definition) is 0. The molecule has 134 valence electrons.